The third-order valence-electron chi connectivity index (χ3n) is 4.59. The highest BCUT2D eigenvalue weighted by atomic mass is 16.3. The van der Waals surface area contributed by atoms with Crippen molar-refractivity contribution in [1.82, 2.24) is 0 Å². The Balaban J connectivity index is 1.81. The molecule has 110 valence electrons. The van der Waals surface area contributed by atoms with E-state index in [2.05, 4.69) is 60.7 Å². The van der Waals surface area contributed by atoms with E-state index in [0.717, 1.165) is 43.5 Å². The first-order valence-corrected chi connectivity index (χ1v) is 7.87. The number of aliphatic hydroxyl groups excluding tert-OH is 1. The molecule has 0 amide bonds. The Morgan fingerprint density at radius 3 is 1.62 bits per heavy atom. The van der Waals surface area contributed by atoms with Crippen LogP contribution in [0.4, 0.5) is 0 Å². The predicted molar refractivity (Wildman–Crippen MR) is 85.5 cm³/mol. The van der Waals surface area contributed by atoms with Crippen molar-refractivity contribution in [3.8, 4) is 0 Å². The number of aliphatic hydroxyl groups is 1. The number of rotatable bonds is 4. The molecule has 1 saturated heterocycles. The van der Waals surface area contributed by atoms with Gasteiger partial charge in [-0.15, -0.1) is 0 Å². The minimum atomic E-state index is -0.109. The van der Waals surface area contributed by atoms with E-state index in [1.165, 1.54) is 11.1 Å². The Morgan fingerprint density at radius 1 is 0.762 bits per heavy atom. The number of piperidine rings is 1. The van der Waals surface area contributed by atoms with Crippen LogP contribution in [0.2, 0.25) is 0 Å². The van der Waals surface area contributed by atoms with Gasteiger partial charge >= 0.3 is 0 Å². The van der Waals surface area contributed by atoms with Crippen LogP contribution in [0.5, 0.6) is 0 Å². The molecule has 1 fully saturated rings. The van der Waals surface area contributed by atoms with E-state index >= 15 is 0 Å². The molecule has 0 radical (unpaired) electrons. The lowest BCUT2D eigenvalue weighted by molar-refractivity contribution is -0.958. The second kappa shape index (κ2) is 6.42. The summed E-state index contributed by atoms with van der Waals surface area (Å²) in [7, 11) is 0. The zero-order valence-corrected chi connectivity index (χ0v) is 12.5. The number of hydrogen-bond donors (Lipinski definition) is 1. The van der Waals surface area contributed by atoms with Gasteiger partial charge in [0.05, 0.1) is 19.2 Å². The Morgan fingerprint density at radius 2 is 1.19 bits per heavy atom. The molecule has 0 spiro atoms. The molecular formula is C19H24NO+. The van der Waals surface area contributed by atoms with E-state index in [0.29, 0.717) is 0 Å². The summed E-state index contributed by atoms with van der Waals surface area (Å²) < 4.78 is 1.06. The lowest BCUT2D eigenvalue weighted by Gasteiger charge is -2.43. The quantitative estimate of drug-likeness (QED) is 0.853. The molecule has 21 heavy (non-hydrogen) atoms. The van der Waals surface area contributed by atoms with Gasteiger partial charge in [-0.1, -0.05) is 60.7 Å². The predicted octanol–water partition coefficient (Wildman–Crippen LogP) is 3.36. The Labute approximate surface area is 127 Å². The van der Waals surface area contributed by atoms with E-state index in [9.17, 15) is 5.11 Å². The summed E-state index contributed by atoms with van der Waals surface area (Å²) in [5, 5.41) is 9.86. The maximum absolute atomic E-state index is 9.86. The summed E-state index contributed by atoms with van der Waals surface area (Å²) in [5.74, 6) is 0. The van der Waals surface area contributed by atoms with Crippen molar-refractivity contribution in [1.29, 1.82) is 0 Å². The maximum atomic E-state index is 9.86. The molecule has 0 saturated carbocycles. The molecular weight excluding hydrogens is 258 g/mol. The summed E-state index contributed by atoms with van der Waals surface area (Å²) in [6.07, 6.45) is 1.72. The first-order chi connectivity index (χ1) is 10.3. The topological polar surface area (TPSA) is 20.2 Å². The van der Waals surface area contributed by atoms with Gasteiger partial charge in [-0.2, -0.15) is 0 Å². The number of likely N-dealkylation sites (tertiary alicyclic amines) is 1. The highest BCUT2D eigenvalue weighted by Crippen LogP contribution is 2.26. The van der Waals surface area contributed by atoms with Gasteiger partial charge < -0.3 is 9.59 Å². The highest BCUT2D eigenvalue weighted by Gasteiger charge is 2.33. The second-order valence-electron chi connectivity index (χ2n) is 6.31. The molecule has 0 atom stereocenters. The standard InChI is InChI=1S/C19H24NO/c21-19-11-13-20(14-12-19,15-17-7-3-1-4-8-17)16-18-9-5-2-6-10-18/h1-10,19,21H,11-16H2/q+1. The van der Waals surface area contributed by atoms with E-state index < -0.39 is 0 Å². The van der Waals surface area contributed by atoms with Gasteiger partial charge in [-0.25, -0.2) is 0 Å². The molecule has 2 aromatic rings. The van der Waals surface area contributed by atoms with Crippen LogP contribution in [0.3, 0.4) is 0 Å². The maximum Gasteiger partial charge on any atom is 0.105 e. The number of quaternary nitrogens is 1. The molecule has 0 unspecified atom stereocenters. The van der Waals surface area contributed by atoms with Gasteiger partial charge in [-0.05, 0) is 0 Å². The van der Waals surface area contributed by atoms with Crippen LogP contribution in [-0.4, -0.2) is 28.8 Å². The fraction of sp³-hybridized carbons (Fsp3) is 0.368. The normalized spacial score (nSPS) is 18.5. The third-order valence-corrected chi connectivity index (χ3v) is 4.59. The molecule has 1 aliphatic rings. The fourth-order valence-corrected chi connectivity index (χ4v) is 3.42. The zero-order valence-electron chi connectivity index (χ0n) is 12.5. The van der Waals surface area contributed by atoms with Crippen LogP contribution < -0.4 is 0 Å². The molecule has 1 heterocycles. The average molecular weight is 282 g/mol. The highest BCUT2D eigenvalue weighted by molar-refractivity contribution is 5.15. The first-order valence-electron chi connectivity index (χ1n) is 7.87. The van der Waals surface area contributed by atoms with Crippen molar-refractivity contribution in [2.45, 2.75) is 32.0 Å². The Kier molecular flexibility index (Phi) is 4.37. The molecule has 0 aliphatic carbocycles. The SMILES string of the molecule is OC1CC[N+](Cc2ccccc2)(Cc2ccccc2)CC1. The van der Waals surface area contributed by atoms with Crippen LogP contribution in [0.15, 0.2) is 60.7 Å². The monoisotopic (exact) mass is 282 g/mol. The lowest BCUT2D eigenvalue weighted by Crippen LogP contribution is -2.52. The smallest absolute Gasteiger partial charge is 0.105 e. The van der Waals surface area contributed by atoms with E-state index in [4.69, 9.17) is 0 Å². The molecule has 2 aromatic carbocycles. The largest absolute Gasteiger partial charge is 0.393 e. The van der Waals surface area contributed by atoms with Gasteiger partial charge in [0.25, 0.3) is 0 Å². The third kappa shape index (κ3) is 3.72. The van der Waals surface area contributed by atoms with Crippen LogP contribution in [0, 0.1) is 0 Å². The van der Waals surface area contributed by atoms with Crippen molar-refractivity contribution >= 4 is 0 Å². The number of nitrogens with zero attached hydrogens (tertiary/aromatic N) is 1. The summed E-state index contributed by atoms with van der Waals surface area (Å²) in [5.41, 5.74) is 2.79. The summed E-state index contributed by atoms with van der Waals surface area (Å²) in [6.45, 7) is 4.24. The van der Waals surface area contributed by atoms with Crippen molar-refractivity contribution in [3.05, 3.63) is 71.8 Å². The van der Waals surface area contributed by atoms with Crippen molar-refractivity contribution < 1.29 is 9.59 Å². The molecule has 2 nitrogen and oxygen atoms in total. The van der Waals surface area contributed by atoms with Crippen LogP contribution in [-0.2, 0) is 13.1 Å². The summed E-state index contributed by atoms with van der Waals surface area (Å²) in [6, 6.07) is 21.5. The average Bonchev–Trinajstić information content (AvgIpc) is 2.52. The molecule has 3 rings (SSSR count). The zero-order chi connectivity index (χ0) is 14.5. The van der Waals surface area contributed by atoms with Gasteiger partial charge in [0.2, 0.25) is 0 Å². The second-order valence-corrected chi connectivity index (χ2v) is 6.31. The van der Waals surface area contributed by atoms with Crippen LogP contribution >= 0.6 is 0 Å². The summed E-state index contributed by atoms with van der Waals surface area (Å²) >= 11 is 0. The van der Waals surface area contributed by atoms with Crippen molar-refractivity contribution in [2.24, 2.45) is 0 Å². The first kappa shape index (κ1) is 14.3. The molecule has 1 aliphatic heterocycles. The van der Waals surface area contributed by atoms with Gasteiger partial charge in [0.15, 0.2) is 0 Å². The molecule has 2 heteroatoms. The Bertz CT molecular complexity index is 501. The fourth-order valence-electron chi connectivity index (χ4n) is 3.42. The van der Waals surface area contributed by atoms with Crippen LogP contribution in [0.1, 0.15) is 24.0 Å². The van der Waals surface area contributed by atoms with Gasteiger partial charge in [-0.3, -0.25) is 0 Å². The molecule has 1 N–H and O–H groups in total. The van der Waals surface area contributed by atoms with E-state index in [1.54, 1.807) is 0 Å². The van der Waals surface area contributed by atoms with E-state index in [1.807, 2.05) is 0 Å². The van der Waals surface area contributed by atoms with Gasteiger partial charge in [0.1, 0.15) is 13.1 Å². The minimum Gasteiger partial charge on any atom is -0.393 e. The van der Waals surface area contributed by atoms with Crippen molar-refractivity contribution in [2.75, 3.05) is 13.1 Å². The van der Waals surface area contributed by atoms with Gasteiger partial charge in [0, 0.05) is 24.0 Å². The van der Waals surface area contributed by atoms with Crippen molar-refractivity contribution in [3.63, 3.8) is 0 Å². The minimum absolute atomic E-state index is 0.109. The molecule has 0 aromatic heterocycles. The van der Waals surface area contributed by atoms with E-state index in [-0.39, 0.29) is 6.10 Å². The molecule has 0 bridgehead atoms. The van der Waals surface area contributed by atoms with Crippen LogP contribution in [0.25, 0.3) is 0 Å². The number of benzene rings is 2. The number of hydrogen-bond acceptors (Lipinski definition) is 1. The Hall–Kier alpha value is -1.64. The lowest BCUT2D eigenvalue weighted by atomic mass is 10.0. The summed E-state index contributed by atoms with van der Waals surface area (Å²) in [4.78, 5) is 0.